The molecule has 0 unspecified atom stereocenters. The maximum atomic E-state index is 11.6. The quantitative estimate of drug-likeness (QED) is 0.800. The zero-order chi connectivity index (χ0) is 12.1. The number of hydrogen-bond acceptors (Lipinski definition) is 3. The topological polar surface area (TPSA) is 46.4 Å². The molecule has 0 aliphatic heterocycles. The van der Waals surface area contributed by atoms with Gasteiger partial charge < -0.3 is 5.32 Å². The molecule has 1 amide bonds. The average molecular weight is 251 g/mol. The Balaban J connectivity index is 1.80. The first-order valence-electron chi connectivity index (χ1n) is 5.97. The number of nitrogens with one attached hydrogen (secondary N) is 1. The molecule has 0 radical (unpaired) electrons. The summed E-state index contributed by atoms with van der Waals surface area (Å²) in [7, 11) is 0. The van der Waals surface area contributed by atoms with Gasteiger partial charge in [0.1, 0.15) is 0 Å². The van der Waals surface area contributed by atoms with Gasteiger partial charge in [-0.15, -0.1) is 11.3 Å². The van der Waals surface area contributed by atoms with Crippen molar-refractivity contribution in [2.45, 2.75) is 32.6 Å². The molecule has 0 aliphatic rings. The molecule has 0 aliphatic carbocycles. The van der Waals surface area contributed by atoms with Crippen LogP contribution in [0.25, 0.3) is 4.96 Å². The van der Waals surface area contributed by atoms with Gasteiger partial charge in [0.05, 0.1) is 12.1 Å². The summed E-state index contributed by atoms with van der Waals surface area (Å²) in [5, 5.41) is 4.90. The second-order valence-corrected chi connectivity index (χ2v) is 4.93. The van der Waals surface area contributed by atoms with E-state index in [1.807, 2.05) is 22.2 Å². The van der Waals surface area contributed by atoms with Gasteiger partial charge in [-0.25, -0.2) is 4.98 Å². The third kappa shape index (κ3) is 3.30. The van der Waals surface area contributed by atoms with E-state index in [1.165, 1.54) is 12.8 Å². The lowest BCUT2D eigenvalue weighted by molar-refractivity contribution is -0.120. The van der Waals surface area contributed by atoms with Crippen molar-refractivity contribution in [2.75, 3.05) is 6.54 Å². The molecule has 92 valence electrons. The first-order chi connectivity index (χ1) is 8.29. The smallest absolute Gasteiger partial charge is 0.226 e. The van der Waals surface area contributed by atoms with Crippen LogP contribution in [-0.2, 0) is 11.2 Å². The molecule has 2 rings (SSSR count). The molecule has 0 saturated carbocycles. The molecular formula is C12H17N3OS. The van der Waals surface area contributed by atoms with E-state index < -0.39 is 0 Å². The second kappa shape index (κ2) is 5.82. The molecular weight excluding hydrogens is 234 g/mol. The van der Waals surface area contributed by atoms with Crippen LogP contribution in [0.3, 0.4) is 0 Å². The highest BCUT2D eigenvalue weighted by molar-refractivity contribution is 7.15. The third-order valence-electron chi connectivity index (χ3n) is 2.59. The minimum absolute atomic E-state index is 0.0619. The largest absolute Gasteiger partial charge is 0.356 e. The van der Waals surface area contributed by atoms with E-state index in [0.717, 1.165) is 23.6 Å². The predicted molar refractivity (Wildman–Crippen MR) is 69.3 cm³/mol. The van der Waals surface area contributed by atoms with E-state index >= 15 is 0 Å². The highest BCUT2D eigenvalue weighted by atomic mass is 32.1. The lowest BCUT2D eigenvalue weighted by atomic mass is 10.2. The zero-order valence-corrected chi connectivity index (χ0v) is 10.8. The molecule has 2 aromatic rings. The first-order valence-corrected chi connectivity index (χ1v) is 6.85. The van der Waals surface area contributed by atoms with E-state index in [0.29, 0.717) is 6.42 Å². The van der Waals surface area contributed by atoms with Crippen molar-refractivity contribution in [3.05, 3.63) is 23.5 Å². The summed E-state index contributed by atoms with van der Waals surface area (Å²) in [6, 6.07) is 0. The lowest BCUT2D eigenvalue weighted by Crippen LogP contribution is -2.26. The fraction of sp³-hybridized carbons (Fsp3) is 0.500. The summed E-state index contributed by atoms with van der Waals surface area (Å²) in [4.78, 5) is 16.9. The van der Waals surface area contributed by atoms with Gasteiger partial charge in [-0.1, -0.05) is 19.8 Å². The molecule has 0 fully saturated rings. The molecule has 2 aromatic heterocycles. The van der Waals surface area contributed by atoms with Gasteiger partial charge >= 0.3 is 0 Å². The Kier molecular flexibility index (Phi) is 4.14. The summed E-state index contributed by atoms with van der Waals surface area (Å²) in [6.45, 7) is 2.93. The van der Waals surface area contributed by atoms with Gasteiger partial charge in [0.15, 0.2) is 4.96 Å². The fourth-order valence-electron chi connectivity index (χ4n) is 1.69. The van der Waals surface area contributed by atoms with Crippen molar-refractivity contribution in [3.63, 3.8) is 0 Å². The van der Waals surface area contributed by atoms with E-state index in [9.17, 15) is 4.79 Å². The average Bonchev–Trinajstić information content (AvgIpc) is 2.84. The monoisotopic (exact) mass is 251 g/mol. The van der Waals surface area contributed by atoms with Gasteiger partial charge in [0.25, 0.3) is 0 Å². The van der Waals surface area contributed by atoms with Gasteiger partial charge in [-0.05, 0) is 6.42 Å². The number of nitrogens with zero attached hydrogens (tertiary/aromatic N) is 2. The Morgan fingerprint density at radius 3 is 3.18 bits per heavy atom. The number of aromatic nitrogens is 2. The normalized spacial score (nSPS) is 10.9. The van der Waals surface area contributed by atoms with Crippen LogP contribution in [0.2, 0.25) is 0 Å². The van der Waals surface area contributed by atoms with Crippen LogP contribution in [0.1, 0.15) is 31.9 Å². The fourth-order valence-corrected chi connectivity index (χ4v) is 2.41. The van der Waals surface area contributed by atoms with Crippen molar-refractivity contribution in [3.8, 4) is 0 Å². The summed E-state index contributed by atoms with van der Waals surface area (Å²) >= 11 is 1.58. The minimum Gasteiger partial charge on any atom is -0.356 e. The Hall–Kier alpha value is -1.36. The molecule has 5 heteroatoms. The van der Waals surface area contributed by atoms with E-state index in [2.05, 4.69) is 17.2 Å². The standard InChI is InChI=1S/C12H17N3OS/c1-2-3-4-5-13-11(16)8-10-9-15-6-7-17-12(15)14-10/h6-7,9H,2-5,8H2,1H3,(H,13,16). The van der Waals surface area contributed by atoms with Crippen LogP contribution in [0.5, 0.6) is 0 Å². The van der Waals surface area contributed by atoms with E-state index in [1.54, 1.807) is 11.3 Å². The van der Waals surface area contributed by atoms with Gasteiger partial charge in [0, 0.05) is 24.3 Å². The van der Waals surface area contributed by atoms with Crippen LogP contribution in [0.15, 0.2) is 17.8 Å². The Labute approximate surface area is 105 Å². The lowest BCUT2D eigenvalue weighted by Gasteiger charge is -2.02. The molecule has 0 atom stereocenters. The van der Waals surface area contributed by atoms with Crippen LogP contribution in [0, 0.1) is 0 Å². The molecule has 4 nitrogen and oxygen atoms in total. The Morgan fingerprint density at radius 1 is 1.53 bits per heavy atom. The van der Waals surface area contributed by atoms with Crippen molar-refractivity contribution in [1.29, 1.82) is 0 Å². The van der Waals surface area contributed by atoms with Crippen molar-refractivity contribution >= 4 is 22.2 Å². The SMILES string of the molecule is CCCCCNC(=O)Cc1cn2ccsc2n1. The van der Waals surface area contributed by atoms with Crippen LogP contribution < -0.4 is 5.32 Å². The molecule has 0 spiro atoms. The van der Waals surface area contributed by atoms with Crippen molar-refractivity contribution < 1.29 is 4.79 Å². The maximum absolute atomic E-state index is 11.6. The highest BCUT2D eigenvalue weighted by Gasteiger charge is 2.07. The maximum Gasteiger partial charge on any atom is 0.226 e. The number of thiazole rings is 1. The van der Waals surface area contributed by atoms with Crippen LogP contribution in [-0.4, -0.2) is 21.8 Å². The third-order valence-corrected chi connectivity index (χ3v) is 3.36. The number of rotatable bonds is 6. The van der Waals surface area contributed by atoms with E-state index in [-0.39, 0.29) is 5.91 Å². The molecule has 0 saturated heterocycles. The molecule has 17 heavy (non-hydrogen) atoms. The van der Waals surface area contributed by atoms with Crippen LogP contribution in [0.4, 0.5) is 0 Å². The van der Waals surface area contributed by atoms with Gasteiger partial charge in [-0.2, -0.15) is 0 Å². The number of fused-ring (bicyclic) bond motifs is 1. The number of carbonyl (C=O) groups excluding carboxylic acids is 1. The Morgan fingerprint density at radius 2 is 2.41 bits per heavy atom. The van der Waals surface area contributed by atoms with Crippen LogP contribution >= 0.6 is 11.3 Å². The highest BCUT2D eigenvalue weighted by Crippen LogP contribution is 2.11. The summed E-state index contributed by atoms with van der Waals surface area (Å²) in [6.07, 6.45) is 7.64. The van der Waals surface area contributed by atoms with Gasteiger partial charge in [0.2, 0.25) is 5.91 Å². The van der Waals surface area contributed by atoms with E-state index in [4.69, 9.17) is 0 Å². The number of unbranched alkanes of at least 4 members (excludes halogenated alkanes) is 2. The zero-order valence-electron chi connectivity index (χ0n) is 9.98. The molecule has 1 N–H and O–H groups in total. The van der Waals surface area contributed by atoms with Crippen molar-refractivity contribution in [1.82, 2.24) is 14.7 Å². The number of carbonyl (C=O) groups is 1. The van der Waals surface area contributed by atoms with Crippen molar-refractivity contribution in [2.24, 2.45) is 0 Å². The Bertz CT molecular complexity index is 460. The molecule has 2 heterocycles. The van der Waals surface area contributed by atoms with Gasteiger partial charge in [-0.3, -0.25) is 9.20 Å². The second-order valence-electron chi connectivity index (χ2n) is 4.06. The minimum atomic E-state index is 0.0619. The predicted octanol–water partition coefficient (Wildman–Crippen LogP) is 2.24. The summed E-state index contributed by atoms with van der Waals surface area (Å²) < 4.78 is 1.95. The molecule has 0 aromatic carbocycles. The number of amides is 1. The molecule has 0 bridgehead atoms. The summed E-state index contributed by atoms with van der Waals surface area (Å²) in [5.41, 5.74) is 0.838. The summed E-state index contributed by atoms with van der Waals surface area (Å²) in [5.74, 6) is 0.0619. The number of hydrogen-bond donors (Lipinski definition) is 1. The number of imidazole rings is 1. The first kappa shape index (κ1) is 12.1.